The largest absolute Gasteiger partial charge is 0.506 e. The zero-order valence-corrected chi connectivity index (χ0v) is 29.6. The van der Waals surface area contributed by atoms with Crippen molar-refractivity contribution in [1.29, 1.82) is 0 Å². The predicted molar refractivity (Wildman–Crippen MR) is 197 cm³/mol. The molecular formula is C36H26N6O10S2. The minimum Gasteiger partial charge on any atom is -0.506 e. The first kappa shape index (κ1) is 37.2. The highest BCUT2D eigenvalue weighted by Crippen LogP contribution is 2.36. The first-order valence-electron chi connectivity index (χ1n) is 15.5. The maximum absolute atomic E-state index is 13.0. The van der Waals surface area contributed by atoms with Crippen LogP contribution in [-0.4, -0.2) is 64.1 Å². The van der Waals surface area contributed by atoms with Crippen LogP contribution in [-0.2, 0) is 25.0 Å². The second-order valence-electron chi connectivity index (χ2n) is 11.7. The molecule has 0 saturated carbocycles. The molecule has 1 aliphatic rings. The second kappa shape index (κ2) is 14.4. The Morgan fingerprint density at radius 2 is 1.44 bits per heavy atom. The maximum atomic E-state index is 13.0. The number of nitrogens with one attached hydrogen (secondary N) is 1. The molecule has 272 valence electrons. The Hall–Kier alpha value is -6.60. The van der Waals surface area contributed by atoms with Gasteiger partial charge < -0.3 is 5.11 Å². The molecule has 0 radical (unpaired) electrons. The van der Waals surface area contributed by atoms with Gasteiger partial charge in [-0.2, -0.15) is 27.1 Å². The van der Waals surface area contributed by atoms with Gasteiger partial charge in [0.15, 0.2) is 11.6 Å². The van der Waals surface area contributed by atoms with Crippen LogP contribution in [0.15, 0.2) is 110 Å². The summed E-state index contributed by atoms with van der Waals surface area (Å²) in [4.78, 5) is 44.6. The number of hydrogen-bond donors (Lipinski definition) is 4. The number of allylic oxidation sites excluding steroid dienone is 2. The van der Waals surface area contributed by atoms with E-state index in [1.165, 1.54) is 74.8 Å². The molecule has 0 bridgehead atoms. The van der Waals surface area contributed by atoms with Crippen LogP contribution in [0.1, 0.15) is 51.4 Å². The number of carbonyl (C=O) groups excluding carboxylic acids is 3. The molecule has 2 aromatic heterocycles. The van der Waals surface area contributed by atoms with Crippen LogP contribution in [0, 0.1) is 0 Å². The van der Waals surface area contributed by atoms with E-state index in [0.29, 0.717) is 10.9 Å². The standard InChI is InChI=1S/C36H26N6O10S2/c1-19(43)27-17-29(36(46)35-25(27)5-3-14-38-35)42-40-24-12-10-22(32(16-24)54(50,51)52)8-7-21-9-11-23(15-31(21)53(47,48)49)39-41-28-18-30(45)34-26(6-4-13-37-34)33(28)20(2)44/h3-18,40,45H,1-2H3,(H,47,48,49)(H,50,51,52)/b8-7+,41-39?,42-29-. The monoisotopic (exact) mass is 766 g/mol. The average molecular weight is 767 g/mol. The smallest absolute Gasteiger partial charge is 0.295 e. The molecule has 0 saturated heterocycles. The van der Waals surface area contributed by atoms with Gasteiger partial charge in [0, 0.05) is 35.0 Å². The fraction of sp³-hybridized carbons (Fsp3) is 0.0556. The minimum atomic E-state index is -4.90. The lowest BCUT2D eigenvalue weighted by Crippen LogP contribution is -2.23. The number of hydrogen-bond acceptors (Lipinski definition) is 14. The number of azo groups is 1. The molecule has 0 spiro atoms. The number of phenolic OH excluding ortho intramolecular Hbond substituents is 1. The number of phenols is 1. The molecule has 18 heteroatoms. The molecule has 1 aliphatic carbocycles. The molecule has 2 heterocycles. The number of benzene rings is 3. The number of aromatic hydroxyl groups is 1. The van der Waals surface area contributed by atoms with Crippen molar-refractivity contribution in [3.8, 4) is 5.75 Å². The normalized spacial score (nSPS) is 14.1. The third-order valence-corrected chi connectivity index (χ3v) is 9.81. The summed E-state index contributed by atoms with van der Waals surface area (Å²) >= 11 is 0. The van der Waals surface area contributed by atoms with Crippen LogP contribution in [0.4, 0.5) is 17.1 Å². The second-order valence-corrected chi connectivity index (χ2v) is 14.4. The van der Waals surface area contributed by atoms with Gasteiger partial charge in [-0.25, -0.2) is 0 Å². The number of hydrazone groups is 1. The topological polar surface area (TPSA) is 255 Å². The SMILES string of the molecule is CC(=O)C1=C/C(=N/Nc2ccc(/C=C/c3ccc(N=Nc4cc(O)c5ncccc5c4C(C)=O)cc3S(=O)(=O)O)c(S(=O)(=O)O)c2)C(=O)c2ncccc21. The predicted octanol–water partition coefficient (Wildman–Crippen LogP) is 6.25. The Balaban J connectivity index is 1.31. The van der Waals surface area contributed by atoms with E-state index in [1.807, 2.05) is 0 Å². The molecule has 5 aromatic rings. The summed E-state index contributed by atoms with van der Waals surface area (Å²) in [6, 6.07) is 14.7. The van der Waals surface area contributed by atoms with Gasteiger partial charge in [-0.15, -0.1) is 5.11 Å². The van der Waals surface area contributed by atoms with Gasteiger partial charge in [-0.1, -0.05) is 36.4 Å². The lowest BCUT2D eigenvalue weighted by molar-refractivity contribution is -0.111. The number of anilines is 1. The molecule has 0 atom stereocenters. The van der Waals surface area contributed by atoms with Gasteiger partial charge in [-0.3, -0.25) is 38.9 Å². The van der Waals surface area contributed by atoms with E-state index < -0.39 is 41.6 Å². The molecule has 16 nitrogen and oxygen atoms in total. The minimum absolute atomic E-state index is 0.00956. The molecule has 6 rings (SSSR count). The van der Waals surface area contributed by atoms with E-state index in [-0.39, 0.29) is 67.8 Å². The van der Waals surface area contributed by atoms with Gasteiger partial charge in [-0.05, 0) is 67.4 Å². The molecule has 54 heavy (non-hydrogen) atoms. The highest BCUT2D eigenvalue weighted by Gasteiger charge is 2.28. The van der Waals surface area contributed by atoms with Gasteiger partial charge in [0.2, 0.25) is 5.78 Å². The number of aromatic nitrogens is 2. The van der Waals surface area contributed by atoms with Crippen LogP contribution in [0.2, 0.25) is 0 Å². The zero-order valence-electron chi connectivity index (χ0n) is 28.0. The average Bonchev–Trinajstić information content (AvgIpc) is 3.12. The summed E-state index contributed by atoms with van der Waals surface area (Å²) in [5.41, 5.74) is 2.91. The Bertz CT molecular complexity index is 2790. The Labute approximate surface area is 306 Å². The lowest BCUT2D eigenvalue weighted by atomic mass is 9.91. The van der Waals surface area contributed by atoms with Crippen LogP contribution in [0.5, 0.6) is 5.75 Å². The van der Waals surface area contributed by atoms with E-state index in [2.05, 4.69) is 30.7 Å². The number of ketones is 3. The molecular weight excluding hydrogens is 741 g/mol. The van der Waals surface area contributed by atoms with Crippen molar-refractivity contribution in [1.82, 2.24) is 9.97 Å². The quantitative estimate of drug-likeness (QED) is 0.0403. The molecule has 0 fully saturated rings. The maximum Gasteiger partial charge on any atom is 0.295 e. The van der Waals surface area contributed by atoms with Crippen LogP contribution < -0.4 is 5.43 Å². The van der Waals surface area contributed by atoms with Crippen LogP contribution in [0.3, 0.4) is 0 Å². The number of nitrogens with zero attached hydrogens (tertiary/aromatic N) is 5. The molecule has 4 N–H and O–H groups in total. The van der Waals surface area contributed by atoms with Gasteiger partial charge in [0.25, 0.3) is 20.2 Å². The molecule has 0 unspecified atom stereocenters. The third-order valence-electron chi connectivity index (χ3n) is 7.99. The fourth-order valence-corrected chi connectivity index (χ4v) is 6.99. The highest BCUT2D eigenvalue weighted by atomic mass is 32.2. The summed E-state index contributed by atoms with van der Waals surface area (Å²) < 4.78 is 69.7. The molecule has 0 aliphatic heterocycles. The van der Waals surface area contributed by atoms with Crippen molar-refractivity contribution in [3.63, 3.8) is 0 Å². The van der Waals surface area contributed by atoms with E-state index >= 15 is 0 Å². The Morgan fingerprint density at radius 1 is 0.796 bits per heavy atom. The third kappa shape index (κ3) is 7.62. The van der Waals surface area contributed by atoms with Gasteiger partial charge >= 0.3 is 0 Å². The summed E-state index contributed by atoms with van der Waals surface area (Å²) in [6.45, 7) is 2.61. The van der Waals surface area contributed by atoms with E-state index in [4.69, 9.17) is 0 Å². The fourth-order valence-electron chi connectivity index (χ4n) is 5.57. The van der Waals surface area contributed by atoms with Crippen molar-refractivity contribution < 1.29 is 45.4 Å². The van der Waals surface area contributed by atoms with Crippen molar-refractivity contribution in [2.24, 2.45) is 15.3 Å². The number of rotatable bonds is 10. The highest BCUT2D eigenvalue weighted by molar-refractivity contribution is 7.86. The number of fused-ring (bicyclic) bond motifs is 2. The number of pyridine rings is 2. The van der Waals surface area contributed by atoms with E-state index in [0.717, 1.165) is 12.1 Å². The van der Waals surface area contributed by atoms with Crippen molar-refractivity contribution >= 4 is 89.0 Å². The first-order chi connectivity index (χ1) is 25.5. The summed E-state index contributed by atoms with van der Waals surface area (Å²) in [6.07, 6.45) is 6.44. The number of Topliss-reactive ketones (excluding diaryl/α,β-unsaturated/α-hetero) is 3. The van der Waals surface area contributed by atoms with E-state index in [9.17, 15) is 45.4 Å². The molecule has 0 amide bonds. The summed E-state index contributed by atoms with van der Waals surface area (Å²) in [5.74, 6) is -1.60. The molecule has 3 aromatic carbocycles. The van der Waals surface area contributed by atoms with Crippen molar-refractivity contribution in [3.05, 3.63) is 113 Å². The Kier molecular flexibility index (Phi) is 9.93. The summed E-state index contributed by atoms with van der Waals surface area (Å²) in [7, 11) is -9.80. The lowest BCUT2D eigenvalue weighted by Gasteiger charge is -2.15. The van der Waals surface area contributed by atoms with Gasteiger partial charge in [0.1, 0.15) is 38.2 Å². The number of carbonyl (C=O) groups is 3. The first-order valence-corrected chi connectivity index (χ1v) is 18.4. The van der Waals surface area contributed by atoms with Gasteiger partial charge in [0.05, 0.1) is 16.9 Å². The van der Waals surface area contributed by atoms with Crippen molar-refractivity contribution in [2.75, 3.05) is 5.43 Å². The Morgan fingerprint density at radius 3 is 2.11 bits per heavy atom. The van der Waals surface area contributed by atoms with Crippen LogP contribution in [0.25, 0.3) is 28.6 Å². The van der Waals surface area contributed by atoms with E-state index in [1.54, 1.807) is 24.3 Å². The van der Waals surface area contributed by atoms with Crippen LogP contribution >= 0.6 is 0 Å². The zero-order chi connectivity index (χ0) is 38.9. The van der Waals surface area contributed by atoms with Crippen molar-refractivity contribution in [2.45, 2.75) is 23.6 Å². The summed E-state index contributed by atoms with van der Waals surface area (Å²) in [5, 5.41) is 22.8.